The number of hydrogen-bond donors (Lipinski definition) is 1. The van der Waals surface area contributed by atoms with Crippen molar-refractivity contribution < 1.29 is 9.53 Å². The van der Waals surface area contributed by atoms with Crippen molar-refractivity contribution in [3.63, 3.8) is 0 Å². The van der Waals surface area contributed by atoms with E-state index in [1.807, 2.05) is 24.0 Å². The van der Waals surface area contributed by atoms with Crippen molar-refractivity contribution in [1.82, 2.24) is 4.90 Å². The molecule has 0 spiro atoms. The van der Waals surface area contributed by atoms with Crippen LogP contribution in [0.1, 0.15) is 30.6 Å². The van der Waals surface area contributed by atoms with E-state index in [9.17, 15) is 4.79 Å². The van der Waals surface area contributed by atoms with Crippen molar-refractivity contribution in [3.8, 4) is 0 Å². The van der Waals surface area contributed by atoms with Gasteiger partial charge in [0.2, 0.25) is 5.91 Å². The zero-order valence-corrected chi connectivity index (χ0v) is 11.6. The standard InChI is InChI=1S/C15H22N2O2/c1-3-13(16)15(18)17-8-9-19-14(10-17)12-7-5-4-6-11(12)2/h4-7,13-14H,3,8-10,16H2,1-2H3/t13-,14-/m0/s1. The number of aryl methyl sites for hydroxylation is 1. The molecule has 1 aromatic carbocycles. The molecule has 2 rings (SSSR count). The molecule has 0 saturated carbocycles. The predicted molar refractivity (Wildman–Crippen MR) is 74.7 cm³/mol. The summed E-state index contributed by atoms with van der Waals surface area (Å²) in [5, 5.41) is 0. The first-order chi connectivity index (χ1) is 9.13. The van der Waals surface area contributed by atoms with E-state index >= 15 is 0 Å². The van der Waals surface area contributed by atoms with Gasteiger partial charge in [0.1, 0.15) is 6.10 Å². The number of nitrogens with zero attached hydrogens (tertiary/aromatic N) is 1. The number of ether oxygens (including phenoxy) is 1. The third kappa shape index (κ3) is 3.14. The molecule has 19 heavy (non-hydrogen) atoms. The van der Waals surface area contributed by atoms with Gasteiger partial charge in [0, 0.05) is 6.54 Å². The van der Waals surface area contributed by atoms with E-state index < -0.39 is 6.04 Å². The Balaban J connectivity index is 2.09. The number of rotatable bonds is 3. The highest BCUT2D eigenvalue weighted by atomic mass is 16.5. The van der Waals surface area contributed by atoms with Crippen LogP contribution in [0.4, 0.5) is 0 Å². The average molecular weight is 262 g/mol. The number of nitrogens with two attached hydrogens (primary N) is 1. The summed E-state index contributed by atoms with van der Waals surface area (Å²) >= 11 is 0. The maximum Gasteiger partial charge on any atom is 0.239 e. The lowest BCUT2D eigenvalue weighted by molar-refractivity contribution is -0.140. The molecule has 1 fully saturated rings. The van der Waals surface area contributed by atoms with Crippen molar-refractivity contribution in [2.45, 2.75) is 32.4 Å². The predicted octanol–water partition coefficient (Wildman–Crippen LogP) is 1.63. The molecule has 0 bridgehead atoms. The fraction of sp³-hybridized carbons (Fsp3) is 0.533. The SMILES string of the molecule is CC[C@H](N)C(=O)N1CCO[C@H](c2ccccc2C)C1. The number of benzene rings is 1. The van der Waals surface area contributed by atoms with Crippen molar-refractivity contribution in [2.75, 3.05) is 19.7 Å². The van der Waals surface area contributed by atoms with Crippen LogP contribution in [0.25, 0.3) is 0 Å². The van der Waals surface area contributed by atoms with Crippen LogP contribution in [0.5, 0.6) is 0 Å². The number of carbonyl (C=O) groups excluding carboxylic acids is 1. The lowest BCUT2D eigenvalue weighted by Crippen LogP contribution is -2.49. The second-order valence-electron chi connectivity index (χ2n) is 5.02. The lowest BCUT2D eigenvalue weighted by Gasteiger charge is -2.35. The van der Waals surface area contributed by atoms with Crippen LogP contribution < -0.4 is 5.73 Å². The van der Waals surface area contributed by atoms with E-state index in [1.54, 1.807) is 0 Å². The molecule has 1 saturated heterocycles. The van der Waals surface area contributed by atoms with Crippen molar-refractivity contribution in [1.29, 1.82) is 0 Å². The van der Waals surface area contributed by atoms with Gasteiger partial charge in [-0.25, -0.2) is 0 Å². The van der Waals surface area contributed by atoms with Crippen molar-refractivity contribution in [3.05, 3.63) is 35.4 Å². The Bertz CT molecular complexity index is 448. The van der Waals surface area contributed by atoms with Crippen LogP contribution in [0, 0.1) is 6.92 Å². The Kier molecular flexibility index (Phi) is 4.56. The molecule has 1 aliphatic rings. The van der Waals surface area contributed by atoms with E-state index in [1.165, 1.54) is 5.56 Å². The summed E-state index contributed by atoms with van der Waals surface area (Å²) in [5.74, 6) is 0.0318. The minimum absolute atomic E-state index is 0.0318. The summed E-state index contributed by atoms with van der Waals surface area (Å²) < 4.78 is 5.80. The zero-order valence-electron chi connectivity index (χ0n) is 11.6. The first-order valence-corrected chi connectivity index (χ1v) is 6.85. The summed E-state index contributed by atoms with van der Waals surface area (Å²) in [7, 11) is 0. The van der Waals surface area contributed by atoms with Crippen molar-refractivity contribution in [2.24, 2.45) is 5.73 Å². The molecule has 0 unspecified atom stereocenters. The number of amides is 1. The van der Waals surface area contributed by atoms with Crippen LogP contribution in [0.3, 0.4) is 0 Å². The summed E-state index contributed by atoms with van der Waals surface area (Å²) in [6.07, 6.45) is 0.633. The average Bonchev–Trinajstić information content (AvgIpc) is 2.46. The Morgan fingerprint density at radius 2 is 2.26 bits per heavy atom. The van der Waals surface area contributed by atoms with Gasteiger partial charge in [-0.2, -0.15) is 0 Å². The van der Waals surface area contributed by atoms with Crippen LogP contribution >= 0.6 is 0 Å². The first-order valence-electron chi connectivity index (χ1n) is 6.85. The molecule has 0 radical (unpaired) electrons. The monoisotopic (exact) mass is 262 g/mol. The highest BCUT2D eigenvalue weighted by Gasteiger charge is 2.28. The molecular weight excluding hydrogens is 240 g/mol. The molecule has 0 aromatic heterocycles. The van der Waals surface area contributed by atoms with Crippen LogP contribution in [-0.4, -0.2) is 36.5 Å². The molecular formula is C15H22N2O2. The van der Waals surface area contributed by atoms with Gasteiger partial charge in [-0.15, -0.1) is 0 Å². The Hall–Kier alpha value is -1.39. The largest absolute Gasteiger partial charge is 0.370 e. The minimum Gasteiger partial charge on any atom is -0.370 e. The smallest absolute Gasteiger partial charge is 0.239 e. The van der Waals surface area contributed by atoms with Gasteiger partial charge in [0.25, 0.3) is 0 Å². The van der Waals surface area contributed by atoms with Crippen LogP contribution in [0.2, 0.25) is 0 Å². The third-order valence-electron chi connectivity index (χ3n) is 3.67. The van der Waals surface area contributed by atoms with E-state index in [4.69, 9.17) is 10.5 Å². The molecule has 2 atom stereocenters. The maximum absolute atomic E-state index is 12.1. The fourth-order valence-corrected chi connectivity index (χ4v) is 2.39. The maximum atomic E-state index is 12.1. The molecule has 104 valence electrons. The van der Waals surface area contributed by atoms with Gasteiger partial charge >= 0.3 is 0 Å². The molecule has 2 N–H and O–H groups in total. The van der Waals surface area contributed by atoms with Gasteiger partial charge in [0.05, 0.1) is 19.2 Å². The normalized spacial score (nSPS) is 21.2. The number of morpholine rings is 1. The highest BCUT2D eigenvalue weighted by Crippen LogP contribution is 2.25. The Labute approximate surface area is 114 Å². The zero-order chi connectivity index (χ0) is 13.8. The number of carbonyl (C=O) groups is 1. The summed E-state index contributed by atoms with van der Waals surface area (Å²) in [5.41, 5.74) is 8.18. The van der Waals surface area contributed by atoms with Gasteiger partial charge in [0.15, 0.2) is 0 Å². The first kappa shape index (κ1) is 14.0. The van der Waals surface area contributed by atoms with E-state index in [0.29, 0.717) is 26.1 Å². The molecule has 4 heteroatoms. The van der Waals surface area contributed by atoms with E-state index in [2.05, 4.69) is 19.1 Å². The Morgan fingerprint density at radius 3 is 2.95 bits per heavy atom. The second kappa shape index (κ2) is 6.17. The van der Waals surface area contributed by atoms with Gasteiger partial charge in [-0.05, 0) is 24.5 Å². The summed E-state index contributed by atoms with van der Waals surface area (Å²) in [4.78, 5) is 14.0. The fourth-order valence-electron chi connectivity index (χ4n) is 2.39. The van der Waals surface area contributed by atoms with Gasteiger partial charge < -0.3 is 15.4 Å². The van der Waals surface area contributed by atoms with Gasteiger partial charge in [-0.1, -0.05) is 31.2 Å². The molecule has 1 amide bonds. The summed E-state index contributed by atoms with van der Waals surface area (Å²) in [6.45, 7) is 5.80. The van der Waals surface area contributed by atoms with Crippen LogP contribution in [0.15, 0.2) is 24.3 Å². The van der Waals surface area contributed by atoms with Gasteiger partial charge in [-0.3, -0.25) is 4.79 Å². The van der Waals surface area contributed by atoms with Crippen molar-refractivity contribution >= 4 is 5.91 Å². The molecule has 1 heterocycles. The number of hydrogen-bond acceptors (Lipinski definition) is 3. The van der Waals surface area contributed by atoms with E-state index in [0.717, 1.165) is 5.56 Å². The molecule has 0 aliphatic carbocycles. The minimum atomic E-state index is -0.393. The highest BCUT2D eigenvalue weighted by molar-refractivity contribution is 5.81. The molecule has 1 aromatic rings. The molecule has 4 nitrogen and oxygen atoms in total. The molecule has 1 aliphatic heterocycles. The quantitative estimate of drug-likeness (QED) is 0.901. The lowest BCUT2D eigenvalue weighted by atomic mass is 10.0. The van der Waals surface area contributed by atoms with Crippen LogP contribution in [-0.2, 0) is 9.53 Å². The summed E-state index contributed by atoms with van der Waals surface area (Å²) in [6, 6.07) is 7.75. The third-order valence-corrected chi connectivity index (χ3v) is 3.67. The topological polar surface area (TPSA) is 55.6 Å². The van der Waals surface area contributed by atoms with E-state index in [-0.39, 0.29) is 12.0 Å². The Morgan fingerprint density at radius 1 is 1.53 bits per heavy atom. The second-order valence-corrected chi connectivity index (χ2v) is 5.02.